The largest absolute Gasteiger partial charge is 0.347 e. The third kappa shape index (κ3) is 3.09. The van der Waals surface area contributed by atoms with Gasteiger partial charge in [0.15, 0.2) is 0 Å². The fourth-order valence-electron chi connectivity index (χ4n) is 1.85. The molecule has 0 saturated heterocycles. The summed E-state index contributed by atoms with van der Waals surface area (Å²) < 4.78 is 0. The van der Waals surface area contributed by atoms with E-state index in [0.29, 0.717) is 12.5 Å². The summed E-state index contributed by atoms with van der Waals surface area (Å²) in [6.07, 6.45) is 1.04. The molecule has 0 aliphatic carbocycles. The standard InChI is InChI=1S/C15H20N4/c1-4-11-5-7-12(8-6-11)14-9-13(10-16)17-15(18-14)19(2)3/h5-9H,4,10,16H2,1-3H3. The molecule has 0 amide bonds. The Labute approximate surface area is 114 Å². The molecular weight excluding hydrogens is 236 g/mol. The first kappa shape index (κ1) is 13.5. The topological polar surface area (TPSA) is 55.0 Å². The molecular formula is C15H20N4. The highest BCUT2D eigenvalue weighted by molar-refractivity contribution is 5.61. The van der Waals surface area contributed by atoms with Crippen LogP contribution in [0.4, 0.5) is 5.95 Å². The molecule has 2 N–H and O–H groups in total. The minimum atomic E-state index is 0.420. The molecule has 0 radical (unpaired) electrons. The van der Waals surface area contributed by atoms with E-state index in [9.17, 15) is 0 Å². The second-order valence-electron chi connectivity index (χ2n) is 4.69. The fraction of sp³-hybridized carbons (Fsp3) is 0.333. The Kier molecular flexibility index (Phi) is 4.12. The Balaban J connectivity index is 2.44. The average molecular weight is 256 g/mol. The average Bonchev–Trinajstić information content (AvgIpc) is 2.46. The van der Waals surface area contributed by atoms with Crippen molar-refractivity contribution in [3.8, 4) is 11.3 Å². The zero-order chi connectivity index (χ0) is 13.8. The third-order valence-corrected chi connectivity index (χ3v) is 3.03. The van der Waals surface area contributed by atoms with E-state index < -0.39 is 0 Å². The van der Waals surface area contributed by atoms with Crippen LogP contribution in [-0.2, 0) is 13.0 Å². The highest BCUT2D eigenvalue weighted by atomic mass is 15.2. The third-order valence-electron chi connectivity index (χ3n) is 3.03. The molecule has 2 rings (SSSR count). The zero-order valence-electron chi connectivity index (χ0n) is 11.7. The molecule has 0 unspecified atom stereocenters. The molecule has 4 heteroatoms. The number of hydrogen-bond acceptors (Lipinski definition) is 4. The van der Waals surface area contributed by atoms with Crippen LogP contribution >= 0.6 is 0 Å². The second kappa shape index (κ2) is 5.80. The van der Waals surface area contributed by atoms with Crippen molar-refractivity contribution in [3.63, 3.8) is 0 Å². The number of hydrogen-bond donors (Lipinski definition) is 1. The van der Waals surface area contributed by atoms with Gasteiger partial charge >= 0.3 is 0 Å². The van der Waals surface area contributed by atoms with E-state index in [0.717, 1.165) is 23.4 Å². The van der Waals surface area contributed by atoms with Gasteiger partial charge in [-0.25, -0.2) is 9.97 Å². The van der Waals surface area contributed by atoms with Crippen molar-refractivity contribution in [2.75, 3.05) is 19.0 Å². The van der Waals surface area contributed by atoms with Gasteiger partial charge in [-0.1, -0.05) is 31.2 Å². The molecule has 19 heavy (non-hydrogen) atoms. The van der Waals surface area contributed by atoms with Gasteiger partial charge in [-0.15, -0.1) is 0 Å². The lowest BCUT2D eigenvalue weighted by molar-refractivity contribution is 0.925. The van der Waals surface area contributed by atoms with Crippen molar-refractivity contribution < 1.29 is 0 Å². The molecule has 1 aromatic carbocycles. The first-order chi connectivity index (χ1) is 9.13. The predicted molar refractivity (Wildman–Crippen MR) is 79.1 cm³/mol. The Morgan fingerprint density at radius 3 is 2.32 bits per heavy atom. The number of benzene rings is 1. The number of rotatable bonds is 4. The first-order valence-electron chi connectivity index (χ1n) is 6.48. The van der Waals surface area contributed by atoms with Crippen molar-refractivity contribution in [1.82, 2.24) is 9.97 Å². The molecule has 1 aromatic heterocycles. The van der Waals surface area contributed by atoms with Gasteiger partial charge in [-0.05, 0) is 18.1 Å². The maximum Gasteiger partial charge on any atom is 0.225 e. The maximum absolute atomic E-state index is 5.70. The van der Waals surface area contributed by atoms with E-state index in [4.69, 9.17) is 5.73 Å². The lowest BCUT2D eigenvalue weighted by Crippen LogP contribution is -2.15. The number of nitrogens with two attached hydrogens (primary N) is 1. The molecule has 0 fully saturated rings. The summed E-state index contributed by atoms with van der Waals surface area (Å²) in [6, 6.07) is 10.4. The number of aromatic nitrogens is 2. The lowest BCUT2D eigenvalue weighted by Gasteiger charge is -2.13. The van der Waals surface area contributed by atoms with Crippen LogP contribution in [0.3, 0.4) is 0 Å². The van der Waals surface area contributed by atoms with Crippen molar-refractivity contribution in [1.29, 1.82) is 0 Å². The summed E-state index contributed by atoms with van der Waals surface area (Å²) >= 11 is 0. The molecule has 0 bridgehead atoms. The molecule has 0 saturated carbocycles. The summed E-state index contributed by atoms with van der Waals surface area (Å²) in [6.45, 7) is 2.57. The van der Waals surface area contributed by atoms with Gasteiger partial charge in [0.05, 0.1) is 11.4 Å². The molecule has 1 heterocycles. The van der Waals surface area contributed by atoms with Crippen molar-refractivity contribution in [2.24, 2.45) is 5.73 Å². The summed E-state index contributed by atoms with van der Waals surface area (Å²) in [4.78, 5) is 10.9. The molecule has 4 nitrogen and oxygen atoms in total. The molecule has 0 spiro atoms. The van der Waals surface area contributed by atoms with Gasteiger partial charge in [-0.2, -0.15) is 0 Å². The maximum atomic E-state index is 5.70. The van der Waals surface area contributed by atoms with E-state index in [1.165, 1.54) is 5.56 Å². The smallest absolute Gasteiger partial charge is 0.225 e. The summed E-state index contributed by atoms with van der Waals surface area (Å²) in [7, 11) is 3.86. The molecule has 2 aromatic rings. The monoisotopic (exact) mass is 256 g/mol. The SMILES string of the molecule is CCc1ccc(-c2cc(CN)nc(N(C)C)n2)cc1. The highest BCUT2D eigenvalue weighted by Gasteiger charge is 2.07. The Morgan fingerprint density at radius 1 is 1.11 bits per heavy atom. The van der Waals surface area contributed by atoms with Crippen molar-refractivity contribution in [2.45, 2.75) is 19.9 Å². The lowest BCUT2D eigenvalue weighted by atomic mass is 10.1. The van der Waals surface area contributed by atoms with Gasteiger partial charge in [-0.3, -0.25) is 0 Å². The van der Waals surface area contributed by atoms with E-state index in [2.05, 4.69) is 41.2 Å². The van der Waals surface area contributed by atoms with Gasteiger partial charge in [0, 0.05) is 26.2 Å². The zero-order valence-corrected chi connectivity index (χ0v) is 11.7. The minimum absolute atomic E-state index is 0.420. The van der Waals surface area contributed by atoms with Gasteiger partial charge in [0.1, 0.15) is 0 Å². The predicted octanol–water partition coefficient (Wildman–Crippen LogP) is 2.23. The van der Waals surface area contributed by atoms with Crippen LogP contribution in [-0.4, -0.2) is 24.1 Å². The molecule has 0 atom stereocenters. The van der Waals surface area contributed by atoms with Crippen LogP contribution in [0.15, 0.2) is 30.3 Å². The van der Waals surface area contributed by atoms with Crippen LogP contribution < -0.4 is 10.6 Å². The Hall–Kier alpha value is -1.94. The van der Waals surface area contributed by atoms with Crippen molar-refractivity contribution >= 4 is 5.95 Å². The van der Waals surface area contributed by atoms with Crippen LogP contribution in [0.2, 0.25) is 0 Å². The van der Waals surface area contributed by atoms with Crippen LogP contribution in [0.25, 0.3) is 11.3 Å². The molecule has 0 aliphatic rings. The van der Waals surface area contributed by atoms with E-state index in [-0.39, 0.29) is 0 Å². The second-order valence-corrected chi connectivity index (χ2v) is 4.69. The normalized spacial score (nSPS) is 10.5. The summed E-state index contributed by atoms with van der Waals surface area (Å²) in [5, 5.41) is 0. The summed E-state index contributed by atoms with van der Waals surface area (Å²) in [5.41, 5.74) is 9.89. The quantitative estimate of drug-likeness (QED) is 0.911. The minimum Gasteiger partial charge on any atom is -0.347 e. The van der Waals surface area contributed by atoms with E-state index >= 15 is 0 Å². The summed E-state index contributed by atoms with van der Waals surface area (Å²) in [5.74, 6) is 0.692. The van der Waals surface area contributed by atoms with Gasteiger partial charge in [0.25, 0.3) is 0 Å². The number of aryl methyl sites for hydroxylation is 1. The number of anilines is 1. The van der Waals surface area contributed by atoms with E-state index in [1.54, 1.807) is 0 Å². The van der Waals surface area contributed by atoms with Crippen molar-refractivity contribution in [3.05, 3.63) is 41.6 Å². The van der Waals surface area contributed by atoms with Crippen LogP contribution in [0.5, 0.6) is 0 Å². The Morgan fingerprint density at radius 2 is 1.79 bits per heavy atom. The molecule has 0 aliphatic heterocycles. The molecule has 100 valence electrons. The van der Waals surface area contributed by atoms with Crippen LogP contribution in [0.1, 0.15) is 18.2 Å². The Bertz CT molecular complexity index is 547. The van der Waals surface area contributed by atoms with Crippen LogP contribution in [0, 0.1) is 0 Å². The fourth-order valence-corrected chi connectivity index (χ4v) is 1.85. The number of nitrogens with zero attached hydrogens (tertiary/aromatic N) is 3. The first-order valence-corrected chi connectivity index (χ1v) is 6.48. The van der Waals surface area contributed by atoms with Gasteiger partial charge < -0.3 is 10.6 Å². The van der Waals surface area contributed by atoms with Gasteiger partial charge in [0.2, 0.25) is 5.95 Å². The highest BCUT2D eigenvalue weighted by Crippen LogP contribution is 2.20. The van der Waals surface area contributed by atoms with E-state index in [1.807, 2.05) is 25.1 Å².